The lowest BCUT2D eigenvalue weighted by atomic mass is 9.99. The zero-order valence-corrected chi connectivity index (χ0v) is 11.4. The molecule has 1 N–H and O–H groups in total. The molecule has 0 spiro atoms. The van der Waals surface area contributed by atoms with E-state index in [-0.39, 0.29) is 6.42 Å². The molecule has 0 unspecified atom stereocenters. The van der Waals surface area contributed by atoms with Crippen LogP contribution in [0.5, 0.6) is 0 Å². The van der Waals surface area contributed by atoms with Crippen molar-refractivity contribution in [3.8, 4) is 11.1 Å². The molecule has 0 aliphatic carbocycles. The molecule has 0 saturated carbocycles. The molecule has 0 aromatic heterocycles. The molecule has 0 amide bonds. The topological polar surface area (TPSA) is 37.3 Å². The number of hydrogen-bond donors (Lipinski definition) is 1. The van der Waals surface area contributed by atoms with Gasteiger partial charge in [-0.3, -0.25) is 4.79 Å². The molecule has 0 saturated heterocycles. The maximum Gasteiger partial charge on any atom is 0.303 e. The Hall–Kier alpha value is -1.80. The highest BCUT2D eigenvalue weighted by molar-refractivity contribution is 6.33. The van der Waals surface area contributed by atoms with Gasteiger partial charge in [-0.15, -0.1) is 0 Å². The number of aliphatic carboxylic acids is 1. The van der Waals surface area contributed by atoms with E-state index in [1.54, 1.807) is 0 Å². The minimum atomic E-state index is -0.785. The number of aryl methyl sites for hydroxylation is 2. The minimum Gasteiger partial charge on any atom is -0.481 e. The third-order valence-corrected chi connectivity index (χ3v) is 3.32. The Bertz CT molecular complexity index is 605. The molecule has 0 heterocycles. The van der Waals surface area contributed by atoms with E-state index in [9.17, 15) is 4.79 Å². The highest BCUT2D eigenvalue weighted by atomic mass is 35.5. The highest BCUT2D eigenvalue weighted by Crippen LogP contribution is 2.29. The van der Waals surface area contributed by atoms with Crippen LogP contribution in [0.25, 0.3) is 11.1 Å². The number of hydrogen-bond acceptors (Lipinski definition) is 1. The quantitative estimate of drug-likeness (QED) is 0.901. The molecule has 0 atom stereocenters. The first kappa shape index (κ1) is 13.6. The van der Waals surface area contributed by atoms with Gasteiger partial charge < -0.3 is 5.11 Å². The summed E-state index contributed by atoms with van der Waals surface area (Å²) < 4.78 is 0. The number of carboxylic acids is 1. The van der Waals surface area contributed by atoms with Gasteiger partial charge in [-0.2, -0.15) is 0 Å². The van der Waals surface area contributed by atoms with E-state index in [4.69, 9.17) is 16.7 Å². The average molecular weight is 275 g/mol. The van der Waals surface area contributed by atoms with Gasteiger partial charge in [-0.05, 0) is 36.6 Å². The van der Waals surface area contributed by atoms with Crippen molar-refractivity contribution in [1.29, 1.82) is 0 Å². The number of carbonyl (C=O) groups is 1. The summed E-state index contributed by atoms with van der Waals surface area (Å²) in [6.07, 6.45) is 0.653. The third kappa shape index (κ3) is 3.58. The van der Waals surface area contributed by atoms with Gasteiger partial charge in [0, 0.05) is 17.0 Å². The predicted molar refractivity (Wildman–Crippen MR) is 77.6 cm³/mol. The molecule has 98 valence electrons. The fourth-order valence-electron chi connectivity index (χ4n) is 2.01. The first-order valence-electron chi connectivity index (χ1n) is 6.13. The molecular formula is C16H15ClO2. The predicted octanol–water partition coefficient (Wildman–Crippen LogP) is 4.33. The van der Waals surface area contributed by atoms with E-state index in [0.29, 0.717) is 11.4 Å². The van der Waals surface area contributed by atoms with Crippen molar-refractivity contribution in [1.82, 2.24) is 0 Å². The molecule has 0 aliphatic heterocycles. The summed E-state index contributed by atoms with van der Waals surface area (Å²) in [5.74, 6) is -0.785. The number of carboxylic acid groups (broad SMARTS) is 1. The smallest absolute Gasteiger partial charge is 0.303 e. The SMILES string of the molecule is Cc1cccc(-c2cc(CCC(=O)O)ccc2Cl)c1. The van der Waals surface area contributed by atoms with Crippen molar-refractivity contribution in [3.05, 3.63) is 58.6 Å². The van der Waals surface area contributed by atoms with Gasteiger partial charge in [0.05, 0.1) is 0 Å². The summed E-state index contributed by atoms with van der Waals surface area (Å²) in [5.41, 5.74) is 4.17. The van der Waals surface area contributed by atoms with E-state index in [0.717, 1.165) is 16.7 Å². The Morgan fingerprint density at radius 1 is 1.21 bits per heavy atom. The van der Waals surface area contributed by atoms with Gasteiger partial charge in [0.1, 0.15) is 0 Å². The lowest BCUT2D eigenvalue weighted by molar-refractivity contribution is -0.136. The van der Waals surface area contributed by atoms with E-state index in [2.05, 4.69) is 6.07 Å². The molecule has 3 heteroatoms. The van der Waals surface area contributed by atoms with E-state index < -0.39 is 5.97 Å². The molecule has 19 heavy (non-hydrogen) atoms. The van der Waals surface area contributed by atoms with Crippen LogP contribution in [0.3, 0.4) is 0 Å². The van der Waals surface area contributed by atoms with Gasteiger partial charge in [0.25, 0.3) is 0 Å². The van der Waals surface area contributed by atoms with Crippen LogP contribution in [0.4, 0.5) is 0 Å². The van der Waals surface area contributed by atoms with Crippen molar-refractivity contribution in [2.75, 3.05) is 0 Å². The maximum absolute atomic E-state index is 10.6. The van der Waals surface area contributed by atoms with Crippen LogP contribution in [0, 0.1) is 6.92 Å². The second-order valence-corrected chi connectivity index (χ2v) is 4.98. The molecule has 2 aromatic carbocycles. The third-order valence-electron chi connectivity index (χ3n) is 2.99. The summed E-state index contributed by atoms with van der Waals surface area (Å²) in [4.78, 5) is 10.6. The lowest BCUT2D eigenvalue weighted by Crippen LogP contribution is -1.97. The summed E-state index contributed by atoms with van der Waals surface area (Å²) >= 11 is 6.23. The molecule has 2 aromatic rings. The Kier molecular flexibility index (Phi) is 4.23. The fraction of sp³-hybridized carbons (Fsp3) is 0.188. The molecule has 0 bridgehead atoms. The Morgan fingerprint density at radius 2 is 2.00 bits per heavy atom. The van der Waals surface area contributed by atoms with E-state index in [1.807, 2.05) is 43.3 Å². The lowest BCUT2D eigenvalue weighted by Gasteiger charge is -2.08. The van der Waals surface area contributed by atoms with Crippen LogP contribution in [-0.2, 0) is 11.2 Å². The summed E-state index contributed by atoms with van der Waals surface area (Å²) in [7, 11) is 0. The number of benzene rings is 2. The van der Waals surface area contributed by atoms with Gasteiger partial charge in [-0.1, -0.05) is 47.5 Å². The van der Waals surface area contributed by atoms with Crippen molar-refractivity contribution in [2.24, 2.45) is 0 Å². The summed E-state index contributed by atoms with van der Waals surface area (Å²) in [5, 5.41) is 9.41. The molecule has 2 rings (SSSR count). The maximum atomic E-state index is 10.6. The molecule has 0 radical (unpaired) electrons. The van der Waals surface area contributed by atoms with Gasteiger partial charge >= 0.3 is 5.97 Å². The van der Waals surface area contributed by atoms with Crippen LogP contribution >= 0.6 is 11.6 Å². The van der Waals surface area contributed by atoms with E-state index in [1.165, 1.54) is 5.56 Å². The van der Waals surface area contributed by atoms with Crippen molar-refractivity contribution >= 4 is 17.6 Å². The molecular weight excluding hydrogens is 260 g/mol. The monoisotopic (exact) mass is 274 g/mol. The summed E-state index contributed by atoms with van der Waals surface area (Å²) in [6, 6.07) is 13.8. The second-order valence-electron chi connectivity index (χ2n) is 4.58. The van der Waals surface area contributed by atoms with Crippen LogP contribution < -0.4 is 0 Å². The normalized spacial score (nSPS) is 10.4. The van der Waals surface area contributed by atoms with Crippen LogP contribution in [0.2, 0.25) is 5.02 Å². The highest BCUT2D eigenvalue weighted by Gasteiger charge is 2.06. The Balaban J connectivity index is 2.34. The average Bonchev–Trinajstić information content (AvgIpc) is 2.37. The Morgan fingerprint density at radius 3 is 2.68 bits per heavy atom. The second kappa shape index (κ2) is 5.89. The first-order valence-corrected chi connectivity index (χ1v) is 6.51. The Labute approximate surface area is 117 Å². The van der Waals surface area contributed by atoms with Gasteiger partial charge in [0.2, 0.25) is 0 Å². The van der Waals surface area contributed by atoms with Crippen molar-refractivity contribution < 1.29 is 9.90 Å². The zero-order valence-electron chi connectivity index (χ0n) is 10.7. The van der Waals surface area contributed by atoms with Crippen LogP contribution in [0.15, 0.2) is 42.5 Å². The van der Waals surface area contributed by atoms with Crippen molar-refractivity contribution in [3.63, 3.8) is 0 Å². The largest absolute Gasteiger partial charge is 0.481 e. The van der Waals surface area contributed by atoms with Crippen LogP contribution in [-0.4, -0.2) is 11.1 Å². The van der Waals surface area contributed by atoms with Crippen molar-refractivity contribution in [2.45, 2.75) is 19.8 Å². The summed E-state index contributed by atoms with van der Waals surface area (Å²) in [6.45, 7) is 2.03. The molecule has 0 fully saturated rings. The standard InChI is InChI=1S/C16H15ClO2/c1-11-3-2-4-13(9-11)14-10-12(5-7-15(14)17)6-8-16(18)19/h2-5,7,9-10H,6,8H2,1H3,(H,18,19). The van der Waals surface area contributed by atoms with Gasteiger partial charge in [0.15, 0.2) is 0 Å². The molecule has 0 aliphatic rings. The van der Waals surface area contributed by atoms with E-state index >= 15 is 0 Å². The first-order chi connectivity index (χ1) is 9.06. The number of halogens is 1. The fourth-order valence-corrected chi connectivity index (χ4v) is 2.24. The van der Waals surface area contributed by atoms with Gasteiger partial charge in [-0.25, -0.2) is 0 Å². The zero-order chi connectivity index (χ0) is 13.8. The molecule has 2 nitrogen and oxygen atoms in total. The van der Waals surface area contributed by atoms with Crippen LogP contribution in [0.1, 0.15) is 17.5 Å². The minimum absolute atomic E-state index is 0.134. The number of rotatable bonds is 4.